The molecule has 0 unspecified atom stereocenters. The highest BCUT2D eigenvalue weighted by Gasteiger charge is 2.29. The Morgan fingerprint density at radius 1 is 1.32 bits per heavy atom. The minimum Gasteiger partial charge on any atom is -0.344 e. The molecule has 0 aromatic heterocycles. The van der Waals surface area contributed by atoms with Crippen LogP contribution >= 0.6 is 0 Å². The van der Waals surface area contributed by atoms with Gasteiger partial charge in [0.2, 0.25) is 10.0 Å². The average Bonchev–Trinajstić information content (AvgIpc) is 2.39. The summed E-state index contributed by atoms with van der Waals surface area (Å²) < 4.78 is 26.3. The summed E-state index contributed by atoms with van der Waals surface area (Å²) >= 11 is 0. The van der Waals surface area contributed by atoms with Crippen molar-refractivity contribution in [3.05, 3.63) is 33.9 Å². The molecule has 0 bridgehead atoms. The first-order chi connectivity index (χ1) is 8.93. The molecule has 7 nitrogen and oxygen atoms in total. The van der Waals surface area contributed by atoms with Crippen LogP contribution in [0.3, 0.4) is 0 Å². The predicted molar refractivity (Wildman–Crippen MR) is 68.3 cm³/mol. The number of benzene rings is 1. The van der Waals surface area contributed by atoms with Gasteiger partial charge in [-0.1, -0.05) is 6.07 Å². The first-order valence-corrected chi connectivity index (χ1v) is 7.44. The van der Waals surface area contributed by atoms with Gasteiger partial charge in [-0.3, -0.25) is 10.1 Å². The van der Waals surface area contributed by atoms with Crippen LogP contribution in [0.1, 0.15) is 5.56 Å². The third-order valence-electron chi connectivity index (χ3n) is 3.17. The number of sulfonamides is 1. The van der Waals surface area contributed by atoms with Crippen LogP contribution in [-0.4, -0.2) is 43.8 Å². The summed E-state index contributed by atoms with van der Waals surface area (Å²) in [7, 11) is -3.64. The Bertz CT molecular complexity index is 594. The summed E-state index contributed by atoms with van der Waals surface area (Å²) in [5.74, 6) is 0. The van der Waals surface area contributed by atoms with Gasteiger partial charge >= 0.3 is 0 Å². The largest absolute Gasteiger partial charge is 0.344 e. The lowest BCUT2D eigenvalue weighted by molar-refractivity contribution is -0.661. The third kappa shape index (κ3) is 2.75. The summed E-state index contributed by atoms with van der Waals surface area (Å²) in [6.45, 7) is 3.95. The Morgan fingerprint density at radius 2 is 1.95 bits per heavy atom. The van der Waals surface area contributed by atoms with Gasteiger partial charge in [-0.05, 0) is 12.5 Å². The van der Waals surface area contributed by atoms with E-state index >= 15 is 0 Å². The van der Waals surface area contributed by atoms with E-state index in [9.17, 15) is 18.5 Å². The number of piperazine rings is 1. The number of aryl methyl sites for hydroxylation is 1. The number of nitro groups is 1. The zero-order valence-corrected chi connectivity index (χ0v) is 11.4. The van der Waals surface area contributed by atoms with Crippen LogP contribution in [-0.2, 0) is 10.0 Å². The van der Waals surface area contributed by atoms with Gasteiger partial charge in [0.1, 0.15) is 0 Å². The Kier molecular flexibility index (Phi) is 3.83. The molecule has 1 saturated heterocycles. The minimum atomic E-state index is -3.64. The number of hydrogen-bond donors (Lipinski definition) is 1. The van der Waals surface area contributed by atoms with E-state index in [1.807, 2.05) is 5.32 Å². The highest BCUT2D eigenvalue weighted by Crippen LogP contribution is 2.24. The average molecular weight is 286 g/mol. The molecule has 19 heavy (non-hydrogen) atoms. The smallest absolute Gasteiger partial charge is 0.270 e. The molecule has 104 valence electrons. The van der Waals surface area contributed by atoms with Crippen molar-refractivity contribution >= 4 is 15.7 Å². The second-order valence-electron chi connectivity index (χ2n) is 4.48. The summed E-state index contributed by atoms with van der Waals surface area (Å²) in [5.41, 5.74) is 0.327. The lowest BCUT2D eigenvalue weighted by Crippen LogP contribution is -2.89. The first kappa shape index (κ1) is 13.9. The number of nitro benzene ring substituents is 1. The zero-order valence-electron chi connectivity index (χ0n) is 10.6. The molecule has 1 fully saturated rings. The highest BCUT2D eigenvalue weighted by molar-refractivity contribution is 7.89. The van der Waals surface area contributed by atoms with Gasteiger partial charge in [-0.15, -0.1) is 0 Å². The Morgan fingerprint density at radius 3 is 2.53 bits per heavy atom. The van der Waals surface area contributed by atoms with Crippen LogP contribution in [0.15, 0.2) is 23.1 Å². The van der Waals surface area contributed by atoms with E-state index < -0.39 is 14.9 Å². The maximum absolute atomic E-state index is 12.5. The van der Waals surface area contributed by atoms with Crippen molar-refractivity contribution in [2.75, 3.05) is 26.2 Å². The standard InChI is InChI=1S/C11H15N3O4S/c1-9-2-3-10(14(15)16)8-11(9)19(17,18)13-6-4-12-5-7-13/h2-3,8,12H,4-7H2,1H3/p+1. The van der Waals surface area contributed by atoms with Crippen molar-refractivity contribution in [3.8, 4) is 0 Å². The normalized spacial score (nSPS) is 17.3. The van der Waals surface area contributed by atoms with Crippen LogP contribution in [0.25, 0.3) is 0 Å². The number of nitrogens with two attached hydrogens (primary N) is 1. The molecular formula is C11H16N3O4S+. The molecule has 1 aromatic carbocycles. The molecule has 0 spiro atoms. The second kappa shape index (κ2) is 5.24. The fraction of sp³-hybridized carbons (Fsp3) is 0.455. The molecule has 1 aliphatic rings. The van der Waals surface area contributed by atoms with Crippen LogP contribution in [0.4, 0.5) is 5.69 Å². The fourth-order valence-electron chi connectivity index (χ4n) is 2.09. The van der Waals surface area contributed by atoms with Gasteiger partial charge in [0.25, 0.3) is 5.69 Å². The molecule has 0 aliphatic carbocycles. The topological polar surface area (TPSA) is 97.1 Å². The second-order valence-corrected chi connectivity index (χ2v) is 6.38. The lowest BCUT2D eigenvalue weighted by Gasteiger charge is -2.25. The predicted octanol–water partition coefficient (Wildman–Crippen LogP) is -0.529. The van der Waals surface area contributed by atoms with Gasteiger partial charge < -0.3 is 5.32 Å². The first-order valence-electron chi connectivity index (χ1n) is 6.00. The molecule has 8 heteroatoms. The van der Waals surface area contributed by atoms with Gasteiger partial charge in [0.15, 0.2) is 0 Å². The van der Waals surface area contributed by atoms with Crippen LogP contribution in [0.5, 0.6) is 0 Å². The maximum atomic E-state index is 12.5. The molecule has 0 atom stereocenters. The quantitative estimate of drug-likeness (QED) is 0.596. The van der Waals surface area contributed by atoms with E-state index in [0.717, 1.165) is 6.07 Å². The zero-order chi connectivity index (χ0) is 14.0. The minimum absolute atomic E-state index is 0.0311. The molecule has 1 aliphatic heterocycles. The molecule has 0 amide bonds. The summed E-state index contributed by atoms with van der Waals surface area (Å²) in [6.07, 6.45) is 0. The highest BCUT2D eigenvalue weighted by atomic mass is 32.2. The SMILES string of the molecule is Cc1ccc([N+](=O)[O-])cc1S(=O)(=O)N1CC[NH2+]CC1. The van der Waals surface area contributed by atoms with E-state index in [0.29, 0.717) is 31.7 Å². The van der Waals surface area contributed by atoms with Crippen molar-refractivity contribution in [1.82, 2.24) is 4.31 Å². The summed E-state index contributed by atoms with van der Waals surface area (Å²) in [5, 5.41) is 12.8. The molecule has 1 aromatic rings. The molecule has 0 radical (unpaired) electrons. The Labute approximate surface area is 111 Å². The maximum Gasteiger partial charge on any atom is 0.270 e. The van der Waals surface area contributed by atoms with E-state index in [4.69, 9.17) is 0 Å². The van der Waals surface area contributed by atoms with Crippen molar-refractivity contribution in [1.29, 1.82) is 0 Å². The summed E-state index contributed by atoms with van der Waals surface area (Å²) in [4.78, 5) is 10.2. The number of rotatable bonds is 3. The van der Waals surface area contributed by atoms with Crippen molar-refractivity contribution < 1.29 is 18.7 Å². The molecule has 0 saturated carbocycles. The van der Waals surface area contributed by atoms with E-state index in [-0.39, 0.29) is 10.6 Å². The lowest BCUT2D eigenvalue weighted by atomic mass is 10.2. The summed E-state index contributed by atoms with van der Waals surface area (Å²) in [6, 6.07) is 3.93. The van der Waals surface area contributed by atoms with Crippen LogP contribution < -0.4 is 5.32 Å². The van der Waals surface area contributed by atoms with Crippen molar-refractivity contribution in [3.63, 3.8) is 0 Å². The van der Waals surface area contributed by atoms with E-state index in [1.165, 1.54) is 16.4 Å². The van der Waals surface area contributed by atoms with Gasteiger partial charge in [0.05, 0.1) is 36.0 Å². The van der Waals surface area contributed by atoms with E-state index in [2.05, 4.69) is 0 Å². The van der Waals surface area contributed by atoms with E-state index in [1.54, 1.807) is 6.92 Å². The third-order valence-corrected chi connectivity index (χ3v) is 5.21. The molecular weight excluding hydrogens is 270 g/mol. The Balaban J connectivity index is 2.44. The Hall–Kier alpha value is -1.51. The number of hydrogen-bond acceptors (Lipinski definition) is 4. The molecule has 2 N–H and O–H groups in total. The molecule has 1 heterocycles. The van der Waals surface area contributed by atoms with Gasteiger partial charge in [0, 0.05) is 12.1 Å². The number of quaternary nitrogens is 1. The number of nitrogens with zero attached hydrogens (tertiary/aromatic N) is 2. The fourth-order valence-corrected chi connectivity index (χ4v) is 3.80. The monoisotopic (exact) mass is 286 g/mol. The van der Waals surface area contributed by atoms with Crippen molar-refractivity contribution in [2.24, 2.45) is 0 Å². The van der Waals surface area contributed by atoms with Crippen LogP contribution in [0, 0.1) is 17.0 Å². The number of non-ortho nitro benzene ring substituents is 1. The van der Waals surface area contributed by atoms with Gasteiger partial charge in [-0.25, -0.2) is 8.42 Å². The van der Waals surface area contributed by atoms with Gasteiger partial charge in [-0.2, -0.15) is 4.31 Å². The van der Waals surface area contributed by atoms with Crippen molar-refractivity contribution in [2.45, 2.75) is 11.8 Å². The molecule has 2 rings (SSSR count). The van der Waals surface area contributed by atoms with Crippen LogP contribution in [0.2, 0.25) is 0 Å².